The maximum atomic E-state index is 12.1. The molecule has 0 aliphatic rings. The van der Waals surface area contributed by atoms with Gasteiger partial charge in [-0.2, -0.15) is 0 Å². The molecule has 0 saturated heterocycles. The smallest absolute Gasteiger partial charge is 0.269 e. The third-order valence-corrected chi connectivity index (χ3v) is 4.70. The van der Waals surface area contributed by atoms with Crippen LogP contribution in [-0.4, -0.2) is 22.7 Å². The van der Waals surface area contributed by atoms with Gasteiger partial charge in [-0.15, -0.1) is 11.3 Å². The van der Waals surface area contributed by atoms with Crippen molar-refractivity contribution < 1.29 is 18.8 Å². The monoisotopic (exact) mass is 418 g/mol. The largest absolute Gasteiger partial charge is 0.469 e. The highest BCUT2D eigenvalue weighted by Crippen LogP contribution is 2.18. The number of hydrogen-bond donors (Lipinski definition) is 3. The molecular weight excluding hydrogens is 404 g/mol. The number of furan rings is 1. The number of aryl methyl sites for hydroxylation is 1. The molecule has 3 rings (SSSR count). The molecule has 0 unspecified atom stereocenters. The van der Waals surface area contributed by atoms with E-state index in [1.165, 1.54) is 17.6 Å². The van der Waals surface area contributed by atoms with E-state index in [0.29, 0.717) is 32.7 Å². The Kier molecular flexibility index (Phi) is 6.07. The van der Waals surface area contributed by atoms with Crippen LogP contribution < -0.4 is 16.2 Å². The Labute approximate surface area is 168 Å². The minimum atomic E-state index is -0.466. The molecule has 0 radical (unpaired) electrons. The second-order valence-corrected chi connectivity index (χ2v) is 6.97. The van der Waals surface area contributed by atoms with Crippen LogP contribution in [0.4, 0.5) is 5.13 Å². The van der Waals surface area contributed by atoms with Crippen LogP contribution in [-0.2, 0) is 11.2 Å². The first kappa shape index (κ1) is 19.6. The lowest BCUT2D eigenvalue weighted by Gasteiger charge is -2.06. The minimum Gasteiger partial charge on any atom is -0.469 e. The number of halogens is 1. The molecule has 10 heteroatoms. The van der Waals surface area contributed by atoms with Crippen molar-refractivity contribution >= 4 is 45.8 Å². The van der Waals surface area contributed by atoms with E-state index < -0.39 is 11.8 Å². The summed E-state index contributed by atoms with van der Waals surface area (Å²) in [6.07, 6.45) is 1.37. The number of amides is 3. The van der Waals surface area contributed by atoms with Crippen molar-refractivity contribution in [3.8, 4) is 0 Å². The van der Waals surface area contributed by atoms with Crippen LogP contribution in [0.5, 0.6) is 0 Å². The highest BCUT2D eigenvalue weighted by atomic mass is 35.5. The molecule has 0 bridgehead atoms. The molecule has 8 nitrogen and oxygen atoms in total. The number of rotatable bonds is 5. The zero-order chi connectivity index (χ0) is 20.1. The molecule has 0 saturated carbocycles. The van der Waals surface area contributed by atoms with Gasteiger partial charge in [-0.25, -0.2) is 4.98 Å². The van der Waals surface area contributed by atoms with E-state index >= 15 is 0 Å². The number of nitrogens with one attached hydrogen (secondary N) is 3. The van der Waals surface area contributed by atoms with E-state index in [0.717, 1.165) is 0 Å². The van der Waals surface area contributed by atoms with Crippen LogP contribution in [0.15, 0.2) is 46.4 Å². The third kappa shape index (κ3) is 4.96. The Balaban J connectivity index is 1.49. The molecule has 0 atom stereocenters. The molecule has 3 aromatic rings. The highest BCUT2D eigenvalue weighted by Gasteiger charge is 2.15. The molecular formula is C18H15ClN4O4S. The number of thiazole rings is 1. The van der Waals surface area contributed by atoms with Crippen LogP contribution in [0.1, 0.15) is 32.2 Å². The van der Waals surface area contributed by atoms with Crippen molar-refractivity contribution in [3.05, 3.63) is 69.6 Å². The van der Waals surface area contributed by atoms with E-state index in [1.54, 1.807) is 42.6 Å². The quantitative estimate of drug-likeness (QED) is 0.551. The average molecular weight is 419 g/mol. The van der Waals surface area contributed by atoms with Gasteiger partial charge in [0, 0.05) is 16.0 Å². The van der Waals surface area contributed by atoms with Gasteiger partial charge in [0.15, 0.2) is 5.13 Å². The molecule has 3 amide bonds. The van der Waals surface area contributed by atoms with Gasteiger partial charge < -0.3 is 4.42 Å². The lowest BCUT2D eigenvalue weighted by molar-refractivity contribution is -0.121. The Hall–Kier alpha value is -3.17. The van der Waals surface area contributed by atoms with Crippen LogP contribution in [0.25, 0.3) is 0 Å². The fraction of sp³-hybridized carbons (Fsp3) is 0.111. The highest BCUT2D eigenvalue weighted by molar-refractivity contribution is 7.14. The van der Waals surface area contributed by atoms with Gasteiger partial charge in [-0.3, -0.25) is 30.6 Å². The Morgan fingerprint density at radius 1 is 1.11 bits per heavy atom. The van der Waals surface area contributed by atoms with Crippen LogP contribution >= 0.6 is 22.9 Å². The van der Waals surface area contributed by atoms with Gasteiger partial charge in [0.1, 0.15) is 5.76 Å². The predicted octanol–water partition coefficient (Wildman–Crippen LogP) is 2.95. The number of hydrogen-bond acceptors (Lipinski definition) is 6. The molecule has 0 spiro atoms. The van der Waals surface area contributed by atoms with Gasteiger partial charge in [0.2, 0.25) is 5.91 Å². The molecule has 2 heterocycles. The Morgan fingerprint density at radius 3 is 2.54 bits per heavy atom. The van der Waals surface area contributed by atoms with E-state index in [-0.39, 0.29) is 12.3 Å². The summed E-state index contributed by atoms with van der Waals surface area (Å²) in [7, 11) is 0. The standard InChI is InChI=1S/C18H15ClN4O4S/c1-10-14(6-7-27-10)17(26)21-18-20-13(9-28-18)8-15(24)22-23-16(25)11-2-4-12(19)5-3-11/h2-7,9H,8H2,1H3,(H,22,24)(H,23,25)(H,20,21,26). The lowest BCUT2D eigenvalue weighted by atomic mass is 10.2. The SMILES string of the molecule is Cc1occc1C(=O)Nc1nc(CC(=O)NNC(=O)c2ccc(Cl)cc2)cs1. The second kappa shape index (κ2) is 8.68. The molecule has 2 aromatic heterocycles. The van der Waals surface area contributed by atoms with E-state index in [4.69, 9.17) is 16.0 Å². The number of carbonyl (C=O) groups excluding carboxylic acids is 3. The van der Waals surface area contributed by atoms with Gasteiger partial charge in [-0.1, -0.05) is 11.6 Å². The molecule has 28 heavy (non-hydrogen) atoms. The summed E-state index contributed by atoms with van der Waals surface area (Å²) >= 11 is 6.96. The zero-order valence-corrected chi connectivity index (χ0v) is 16.2. The lowest BCUT2D eigenvalue weighted by Crippen LogP contribution is -2.42. The van der Waals surface area contributed by atoms with Crippen molar-refractivity contribution in [3.63, 3.8) is 0 Å². The van der Waals surface area contributed by atoms with Gasteiger partial charge in [-0.05, 0) is 37.3 Å². The number of aromatic nitrogens is 1. The first-order valence-electron chi connectivity index (χ1n) is 8.07. The molecule has 0 aliphatic heterocycles. The fourth-order valence-corrected chi connectivity index (χ4v) is 3.07. The van der Waals surface area contributed by atoms with E-state index in [1.807, 2.05) is 0 Å². The summed E-state index contributed by atoms with van der Waals surface area (Å²) in [5.41, 5.74) is 5.87. The first-order valence-corrected chi connectivity index (χ1v) is 9.32. The van der Waals surface area contributed by atoms with Crippen molar-refractivity contribution in [2.75, 3.05) is 5.32 Å². The van der Waals surface area contributed by atoms with Crippen molar-refractivity contribution in [1.29, 1.82) is 0 Å². The summed E-state index contributed by atoms with van der Waals surface area (Å²) < 4.78 is 5.09. The van der Waals surface area contributed by atoms with Gasteiger partial charge in [0.05, 0.1) is 23.9 Å². The van der Waals surface area contributed by atoms with Crippen molar-refractivity contribution in [2.45, 2.75) is 13.3 Å². The fourth-order valence-electron chi connectivity index (χ4n) is 2.24. The van der Waals surface area contributed by atoms with Gasteiger partial charge in [0.25, 0.3) is 11.8 Å². The Bertz CT molecular complexity index is 1010. The van der Waals surface area contributed by atoms with Crippen LogP contribution in [0.2, 0.25) is 5.02 Å². The summed E-state index contributed by atoms with van der Waals surface area (Å²) in [6.45, 7) is 1.69. The summed E-state index contributed by atoms with van der Waals surface area (Å²) in [6, 6.07) is 7.81. The summed E-state index contributed by atoms with van der Waals surface area (Å²) in [5.74, 6) is -0.750. The number of nitrogens with zero attached hydrogens (tertiary/aromatic N) is 1. The number of hydrazine groups is 1. The average Bonchev–Trinajstić information content (AvgIpc) is 3.29. The maximum Gasteiger partial charge on any atom is 0.269 e. The van der Waals surface area contributed by atoms with Crippen molar-refractivity contribution in [1.82, 2.24) is 15.8 Å². The predicted molar refractivity (Wildman–Crippen MR) is 104 cm³/mol. The van der Waals surface area contributed by atoms with Crippen LogP contribution in [0.3, 0.4) is 0 Å². The van der Waals surface area contributed by atoms with E-state index in [9.17, 15) is 14.4 Å². The third-order valence-electron chi connectivity index (χ3n) is 3.64. The Morgan fingerprint density at radius 2 is 1.86 bits per heavy atom. The first-order chi connectivity index (χ1) is 13.4. The number of carbonyl (C=O) groups is 3. The number of anilines is 1. The molecule has 3 N–H and O–H groups in total. The maximum absolute atomic E-state index is 12.1. The summed E-state index contributed by atoms with van der Waals surface area (Å²) in [4.78, 5) is 40.2. The zero-order valence-electron chi connectivity index (χ0n) is 14.6. The molecule has 144 valence electrons. The normalized spacial score (nSPS) is 10.4. The topological polar surface area (TPSA) is 113 Å². The molecule has 1 aromatic carbocycles. The second-order valence-electron chi connectivity index (χ2n) is 5.67. The summed E-state index contributed by atoms with van der Waals surface area (Å²) in [5, 5.41) is 5.17. The number of benzene rings is 1. The minimum absolute atomic E-state index is 0.0575. The molecule has 0 aliphatic carbocycles. The van der Waals surface area contributed by atoms with Crippen molar-refractivity contribution in [2.24, 2.45) is 0 Å². The van der Waals surface area contributed by atoms with Crippen LogP contribution in [0, 0.1) is 6.92 Å². The van der Waals surface area contributed by atoms with Gasteiger partial charge >= 0.3 is 0 Å². The molecule has 0 fully saturated rings. The van der Waals surface area contributed by atoms with E-state index in [2.05, 4.69) is 21.2 Å².